The molecular weight excluding hydrogens is 571 g/mol. The average Bonchev–Trinajstić information content (AvgIpc) is 2.93. The average molecular weight is 611 g/mol. The Hall–Kier alpha value is -0.130. The fourth-order valence-electron chi connectivity index (χ4n) is 5.14. The van der Waals surface area contributed by atoms with Gasteiger partial charge in [-0.1, -0.05) is 6.92 Å². The number of aliphatic hydroxyl groups is 10. The minimum Gasteiger partial charge on any atom is -0.544 e. The third-order valence-electron chi connectivity index (χ3n) is 7.70. The Morgan fingerprint density at radius 2 is 1.54 bits per heavy atom. The molecule has 0 aromatic rings. The van der Waals surface area contributed by atoms with Gasteiger partial charge >= 0.3 is 29.6 Å². The third kappa shape index (κ3) is 7.58. The normalized spacial score (nSPS) is 46.8. The van der Waals surface area contributed by atoms with Crippen molar-refractivity contribution in [3.8, 4) is 0 Å². The van der Waals surface area contributed by atoms with E-state index in [2.05, 4.69) is 0 Å². The maximum atomic E-state index is 12.3. The molecule has 0 aromatic carbocycles. The Morgan fingerprint density at radius 1 is 0.927 bits per heavy atom. The van der Waals surface area contributed by atoms with Crippen LogP contribution in [0.2, 0.25) is 0 Å². The summed E-state index contributed by atoms with van der Waals surface area (Å²) < 4.78 is 27.4. The zero-order chi connectivity index (χ0) is 30.1. The van der Waals surface area contributed by atoms with Crippen molar-refractivity contribution in [2.24, 2.45) is 5.92 Å². The standard InChI is InChI=1S/C23H40O17.Na/c1-7-9(27)3-23(22(34)35,39-18(7)14(30)10(28)4-24)40-20-15(31)11(5-25)37-21(17(20)33)38-19-12(6-26)36-8(2)13(29)16(19)32;/h7-21,24-33H,3-6H2,1-2H3,(H,34,35);/q;+1/p-1/t7-,8?,9-,10-,11?,12?,13?,14?,15+,16-,17?,18?,19-,20+,21+,23+;/m1./s1. The van der Waals surface area contributed by atoms with Crippen molar-refractivity contribution in [2.75, 3.05) is 19.8 Å². The number of aliphatic hydroxyl groups excluding tert-OH is 10. The predicted molar refractivity (Wildman–Crippen MR) is 122 cm³/mol. The Bertz CT molecular complexity index is 838. The van der Waals surface area contributed by atoms with E-state index in [1.807, 2.05) is 0 Å². The van der Waals surface area contributed by atoms with Crippen LogP contribution in [-0.4, -0.2) is 168 Å². The largest absolute Gasteiger partial charge is 1.00 e. The summed E-state index contributed by atoms with van der Waals surface area (Å²) in [4.78, 5) is 12.3. The molecule has 3 saturated heterocycles. The van der Waals surface area contributed by atoms with Crippen LogP contribution in [0.25, 0.3) is 0 Å². The summed E-state index contributed by atoms with van der Waals surface area (Å²) in [5.74, 6) is -6.02. The first-order chi connectivity index (χ1) is 18.7. The molecule has 0 bridgehead atoms. The molecule has 0 radical (unpaired) electrons. The van der Waals surface area contributed by atoms with Gasteiger partial charge in [0.05, 0.1) is 38.1 Å². The van der Waals surface area contributed by atoms with Crippen molar-refractivity contribution in [2.45, 2.75) is 112 Å². The van der Waals surface area contributed by atoms with Crippen LogP contribution in [0.4, 0.5) is 0 Å². The van der Waals surface area contributed by atoms with Gasteiger partial charge in [-0.25, -0.2) is 0 Å². The second-order valence-corrected chi connectivity index (χ2v) is 10.4. The number of hydrogen-bond donors (Lipinski definition) is 10. The zero-order valence-electron chi connectivity index (χ0n) is 22.8. The molecule has 17 nitrogen and oxygen atoms in total. The number of carboxylic acid groups (broad SMARTS) is 1. The van der Waals surface area contributed by atoms with Gasteiger partial charge < -0.3 is 84.7 Å². The van der Waals surface area contributed by atoms with Crippen LogP contribution in [0, 0.1) is 5.92 Å². The molecule has 3 fully saturated rings. The molecule has 3 rings (SSSR count). The van der Waals surface area contributed by atoms with E-state index in [9.17, 15) is 61.0 Å². The quantitative estimate of drug-likeness (QED) is 0.103. The summed E-state index contributed by atoms with van der Waals surface area (Å²) in [6, 6.07) is 0. The molecule has 0 aromatic heterocycles. The topological polar surface area (TPSA) is 289 Å². The van der Waals surface area contributed by atoms with Gasteiger partial charge in [-0.05, 0) is 6.92 Å². The van der Waals surface area contributed by atoms with E-state index < -0.39 is 130 Å². The van der Waals surface area contributed by atoms with Gasteiger partial charge in [-0.2, -0.15) is 0 Å². The number of aliphatic carboxylic acids is 1. The van der Waals surface area contributed by atoms with E-state index in [4.69, 9.17) is 23.7 Å². The summed E-state index contributed by atoms with van der Waals surface area (Å²) in [5, 5.41) is 114. The first-order valence-corrected chi connectivity index (χ1v) is 12.8. The van der Waals surface area contributed by atoms with E-state index in [0.717, 1.165) is 0 Å². The van der Waals surface area contributed by atoms with Crippen LogP contribution >= 0.6 is 0 Å². The number of carbonyl (C=O) groups is 1. The summed E-state index contributed by atoms with van der Waals surface area (Å²) in [5.41, 5.74) is 0. The summed E-state index contributed by atoms with van der Waals surface area (Å²) in [6.07, 6.45) is -23.9. The summed E-state index contributed by atoms with van der Waals surface area (Å²) >= 11 is 0. The van der Waals surface area contributed by atoms with Crippen molar-refractivity contribution < 1.29 is 114 Å². The first kappa shape index (κ1) is 37.1. The third-order valence-corrected chi connectivity index (χ3v) is 7.70. The number of carboxylic acids is 1. The molecule has 0 amide bonds. The van der Waals surface area contributed by atoms with Gasteiger partial charge in [0.25, 0.3) is 0 Å². The van der Waals surface area contributed by atoms with Gasteiger partial charge in [0.1, 0.15) is 67.0 Å². The van der Waals surface area contributed by atoms with Crippen LogP contribution in [-0.2, 0) is 28.5 Å². The Labute approximate surface area is 257 Å². The summed E-state index contributed by atoms with van der Waals surface area (Å²) in [6.45, 7) is 0.286. The van der Waals surface area contributed by atoms with Crippen LogP contribution in [0.3, 0.4) is 0 Å². The molecule has 234 valence electrons. The minimum absolute atomic E-state index is 0. The van der Waals surface area contributed by atoms with Crippen LogP contribution in [0.5, 0.6) is 0 Å². The first-order valence-electron chi connectivity index (χ1n) is 12.8. The molecule has 16 atom stereocenters. The Kier molecular flexibility index (Phi) is 13.8. The maximum Gasteiger partial charge on any atom is 1.00 e. The molecule has 41 heavy (non-hydrogen) atoms. The molecule has 3 heterocycles. The van der Waals surface area contributed by atoms with Gasteiger partial charge in [0, 0.05) is 12.3 Å². The number of carbonyl (C=O) groups excluding carboxylic acids is 1. The van der Waals surface area contributed by atoms with Crippen molar-refractivity contribution in [3.05, 3.63) is 0 Å². The molecule has 0 spiro atoms. The monoisotopic (exact) mass is 610 g/mol. The van der Waals surface area contributed by atoms with E-state index in [0.29, 0.717) is 0 Å². The van der Waals surface area contributed by atoms with Crippen molar-refractivity contribution in [1.29, 1.82) is 0 Å². The maximum absolute atomic E-state index is 12.3. The van der Waals surface area contributed by atoms with E-state index in [-0.39, 0.29) is 29.6 Å². The predicted octanol–water partition coefficient (Wildman–Crippen LogP) is -10.4. The van der Waals surface area contributed by atoms with Crippen LogP contribution in [0.1, 0.15) is 20.3 Å². The number of rotatable bonds is 10. The molecule has 18 heteroatoms. The molecule has 10 N–H and O–H groups in total. The van der Waals surface area contributed by atoms with Gasteiger partial charge in [-0.15, -0.1) is 0 Å². The minimum atomic E-state index is -2.94. The fraction of sp³-hybridized carbons (Fsp3) is 0.957. The SMILES string of the molecule is CC1OC(CO)[C@@H](O[C@@H]2OC(CO)[C@H](O)[C@H](O[C@]3(C(=O)[O-])C[C@@H](O)[C@@H](C)C(C(O)[C@H](O)CO)O3)C2O)[C@H](O)C1O.[Na+]. The summed E-state index contributed by atoms with van der Waals surface area (Å²) in [7, 11) is 0. The molecule has 0 aliphatic carbocycles. The molecular formula is C23H39NaO17. The fourth-order valence-corrected chi connectivity index (χ4v) is 5.14. The number of hydrogen-bond acceptors (Lipinski definition) is 17. The van der Waals surface area contributed by atoms with Crippen molar-refractivity contribution in [1.82, 2.24) is 0 Å². The smallest absolute Gasteiger partial charge is 0.544 e. The van der Waals surface area contributed by atoms with Crippen LogP contribution < -0.4 is 34.7 Å². The van der Waals surface area contributed by atoms with Crippen molar-refractivity contribution >= 4 is 5.97 Å². The van der Waals surface area contributed by atoms with E-state index >= 15 is 0 Å². The van der Waals surface area contributed by atoms with Gasteiger partial charge in [-0.3, -0.25) is 0 Å². The van der Waals surface area contributed by atoms with Crippen molar-refractivity contribution in [3.63, 3.8) is 0 Å². The second kappa shape index (κ2) is 15.2. The second-order valence-electron chi connectivity index (χ2n) is 10.4. The van der Waals surface area contributed by atoms with Gasteiger partial charge in [0.15, 0.2) is 6.29 Å². The number of ether oxygens (including phenoxy) is 5. The molecule has 3 aliphatic rings. The van der Waals surface area contributed by atoms with Crippen LogP contribution in [0.15, 0.2) is 0 Å². The molecule has 0 saturated carbocycles. The van der Waals surface area contributed by atoms with E-state index in [1.165, 1.54) is 13.8 Å². The Balaban J connectivity index is 0.00000588. The van der Waals surface area contributed by atoms with E-state index in [1.54, 1.807) is 0 Å². The Morgan fingerprint density at radius 3 is 2.07 bits per heavy atom. The van der Waals surface area contributed by atoms with Gasteiger partial charge in [0.2, 0.25) is 5.79 Å². The zero-order valence-corrected chi connectivity index (χ0v) is 24.8. The molecule has 7 unspecified atom stereocenters. The molecule has 3 aliphatic heterocycles.